The maximum absolute atomic E-state index is 12.9. The Balaban J connectivity index is 1.44. The Bertz CT molecular complexity index is 1200. The number of hydrogen-bond acceptors (Lipinski definition) is 9. The molecule has 1 aromatic heterocycles. The van der Waals surface area contributed by atoms with Crippen LogP contribution >= 0.6 is 23.1 Å². The quantitative estimate of drug-likeness (QED) is 0.447. The summed E-state index contributed by atoms with van der Waals surface area (Å²) in [6.45, 7) is 2.32. The predicted octanol–water partition coefficient (Wildman–Crippen LogP) is 5.11. The van der Waals surface area contributed by atoms with Crippen molar-refractivity contribution in [2.45, 2.75) is 25.9 Å². The zero-order valence-corrected chi connectivity index (χ0v) is 20.1. The van der Waals surface area contributed by atoms with Gasteiger partial charge >= 0.3 is 0 Å². The highest BCUT2D eigenvalue weighted by Gasteiger charge is 2.39. The van der Waals surface area contributed by atoms with Crippen molar-refractivity contribution in [1.29, 1.82) is 5.41 Å². The zero-order chi connectivity index (χ0) is 23.4. The molecule has 0 bridgehead atoms. The van der Waals surface area contributed by atoms with E-state index < -0.39 is 5.92 Å². The maximum atomic E-state index is 12.9. The van der Waals surface area contributed by atoms with Crippen molar-refractivity contribution in [2.24, 2.45) is 0 Å². The maximum Gasteiger partial charge on any atom is 0.186 e. The predicted molar refractivity (Wildman–Crippen MR) is 131 cm³/mol. The van der Waals surface area contributed by atoms with Crippen LogP contribution in [-0.4, -0.2) is 35.2 Å². The van der Waals surface area contributed by atoms with Crippen LogP contribution in [0.5, 0.6) is 17.2 Å². The van der Waals surface area contributed by atoms with Crippen LogP contribution in [0, 0.1) is 5.41 Å². The van der Waals surface area contributed by atoms with Crippen molar-refractivity contribution >= 4 is 40.0 Å². The van der Waals surface area contributed by atoms with Gasteiger partial charge in [0.1, 0.15) is 39.8 Å². The van der Waals surface area contributed by atoms with E-state index in [2.05, 4.69) is 10.2 Å². The van der Waals surface area contributed by atoms with Crippen molar-refractivity contribution in [3.8, 4) is 17.2 Å². The van der Waals surface area contributed by atoms with Gasteiger partial charge in [-0.25, -0.2) is 0 Å². The molecule has 170 valence electrons. The topological polar surface area (TPSA) is 94.4 Å². The summed E-state index contributed by atoms with van der Waals surface area (Å²) in [6.07, 6.45) is 2.57. The van der Waals surface area contributed by atoms with E-state index in [1.165, 1.54) is 23.1 Å². The first-order valence-corrected chi connectivity index (χ1v) is 11.9. The molecule has 4 rings (SSSR count). The van der Waals surface area contributed by atoms with Gasteiger partial charge in [0.15, 0.2) is 5.78 Å². The number of rotatable bonds is 8. The summed E-state index contributed by atoms with van der Waals surface area (Å²) < 4.78 is 16.6. The molecule has 0 amide bonds. The third-order valence-corrected chi connectivity index (χ3v) is 7.21. The lowest BCUT2D eigenvalue weighted by molar-refractivity contribution is -0.114. The van der Waals surface area contributed by atoms with E-state index in [4.69, 9.17) is 19.6 Å². The Morgan fingerprint density at radius 1 is 1.06 bits per heavy atom. The first kappa shape index (κ1) is 23.0. The molecule has 1 aliphatic rings. The van der Waals surface area contributed by atoms with Crippen molar-refractivity contribution in [2.75, 3.05) is 14.2 Å². The molecule has 3 aromatic rings. The van der Waals surface area contributed by atoms with Gasteiger partial charge in [-0.2, -0.15) is 0 Å². The molecule has 0 aliphatic carbocycles. The van der Waals surface area contributed by atoms with Gasteiger partial charge in [-0.15, -0.1) is 21.5 Å². The number of ketones is 1. The molecule has 0 saturated carbocycles. The lowest BCUT2D eigenvalue weighted by Crippen LogP contribution is -2.11. The van der Waals surface area contributed by atoms with E-state index in [9.17, 15) is 4.79 Å². The number of nitrogens with one attached hydrogen (secondary N) is 1. The SMILES string of the molecule is CCc1nnc([C@@H]2C(=N)S/C(=C\c3ccc(OCc4cc(OC)ccc4OC)cc3)C2=O)s1. The number of ether oxygens (including phenoxy) is 3. The molecule has 1 N–H and O–H groups in total. The summed E-state index contributed by atoms with van der Waals surface area (Å²) in [5.74, 6) is 1.42. The molecule has 0 radical (unpaired) electrons. The van der Waals surface area contributed by atoms with Gasteiger partial charge in [0.25, 0.3) is 0 Å². The minimum Gasteiger partial charge on any atom is -0.497 e. The van der Waals surface area contributed by atoms with Crippen LogP contribution in [-0.2, 0) is 17.8 Å². The third-order valence-electron chi connectivity index (χ3n) is 5.08. The number of benzene rings is 2. The van der Waals surface area contributed by atoms with Crippen LogP contribution in [0.2, 0.25) is 0 Å². The lowest BCUT2D eigenvalue weighted by atomic mass is 10.1. The Morgan fingerprint density at radius 3 is 2.48 bits per heavy atom. The monoisotopic (exact) mass is 481 g/mol. The molecule has 2 heterocycles. The smallest absolute Gasteiger partial charge is 0.186 e. The number of carbonyl (C=O) groups is 1. The molecular weight excluding hydrogens is 458 g/mol. The van der Waals surface area contributed by atoms with Gasteiger partial charge in [-0.3, -0.25) is 10.2 Å². The fourth-order valence-electron chi connectivity index (χ4n) is 3.31. The number of methoxy groups -OCH3 is 2. The fourth-order valence-corrected chi connectivity index (χ4v) is 5.26. The largest absolute Gasteiger partial charge is 0.497 e. The summed E-state index contributed by atoms with van der Waals surface area (Å²) in [4.78, 5) is 13.5. The lowest BCUT2D eigenvalue weighted by Gasteiger charge is -2.12. The Kier molecular flexibility index (Phi) is 7.10. The first-order chi connectivity index (χ1) is 16.0. The number of aromatic nitrogens is 2. The van der Waals surface area contributed by atoms with Crippen molar-refractivity contribution in [3.63, 3.8) is 0 Å². The average Bonchev–Trinajstić information content (AvgIpc) is 3.41. The molecule has 2 aromatic carbocycles. The van der Waals surface area contributed by atoms with Crippen LogP contribution in [0.15, 0.2) is 47.4 Å². The second-order valence-electron chi connectivity index (χ2n) is 7.20. The molecule has 0 spiro atoms. The Hall–Kier alpha value is -3.17. The highest BCUT2D eigenvalue weighted by atomic mass is 32.2. The van der Waals surface area contributed by atoms with Crippen LogP contribution in [0.1, 0.15) is 34.0 Å². The van der Waals surface area contributed by atoms with Gasteiger partial charge in [0, 0.05) is 5.56 Å². The van der Waals surface area contributed by atoms with Gasteiger partial charge in [0.05, 0.1) is 24.2 Å². The van der Waals surface area contributed by atoms with Gasteiger partial charge in [-0.1, -0.05) is 30.8 Å². The van der Waals surface area contributed by atoms with Crippen LogP contribution in [0.3, 0.4) is 0 Å². The summed E-state index contributed by atoms with van der Waals surface area (Å²) in [5.41, 5.74) is 1.74. The van der Waals surface area contributed by atoms with Crippen molar-refractivity contribution in [1.82, 2.24) is 10.2 Å². The molecule has 1 aliphatic heterocycles. The molecule has 33 heavy (non-hydrogen) atoms. The average molecular weight is 482 g/mol. The molecule has 1 fully saturated rings. The summed E-state index contributed by atoms with van der Waals surface area (Å²) in [6, 6.07) is 13.0. The number of carbonyl (C=O) groups excluding carboxylic acids is 1. The molecule has 0 unspecified atom stereocenters. The number of Topliss-reactive ketones (excluding diaryl/α,β-unsaturated/α-hetero) is 1. The second kappa shape index (κ2) is 10.2. The van der Waals surface area contributed by atoms with E-state index in [0.29, 0.717) is 22.3 Å². The highest BCUT2D eigenvalue weighted by Crippen LogP contribution is 2.41. The second-order valence-corrected chi connectivity index (χ2v) is 9.37. The van der Waals surface area contributed by atoms with E-state index in [1.807, 2.05) is 49.4 Å². The Labute approximate surface area is 200 Å². The standard InChI is InChI=1S/C24H23N3O4S2/c1-4-20-26-27-24(33-20)21-22(28)19(32-23(21)25)11-14-5-7-16(8-6-14)31-13-15-12-17(29-2)9-10-18(15)30-3/h5-12,21,25H,4,13H2,1-3H3/b19-11-,25-23?/t21-/m0/s1. The summed E-state index contributed by atoms with van der Waals surface area (Å²) in [7, 11) is 3.24. The van der Waals surface area contributed by atoms with Crippen molar-refractivity contribution < 1.29 is 19.0 Å². The first-order valence-electron chi connectivity index (χ1n) is 10.3. The normalized spacial score (nSPS) is 16.9. The fraction of sp³-hybridized carbons (Fsp3) is 0.250. The highest BCUT2D eigenvalue weighted by molar-refractivity contribution is 8.19. The number of allylic oxidation sites excluding steroid dienone is 1. The molecule has 7 nitrogen and oxygen atoms in total. The zero-order valence-electron chi connectivity index (χ0n) is 18.5. The molecular formula is C24H23N3O4S2. The van der Waals surface area contributed by atoms with Crippen LogP contribution in [0.25, 0.3) is 6.08 Å². The van der Waals surface area contributed by atoms with E-state index >= 15 is 0 Å². The molecule has 1 atom stereocenters. The van der Waals surface area contributed by atoms with Gasteiger partial charge in [-0.05, 0) is 48.4 Å². The molecule has 9 heteroatoms. The number of hydrogen-bond donors (Lipinski definition) is 1. The summed E-state index contributed by atoms with van der Waals surface area (Å²) in [5, 5.41) is 18.2. The number of thioether (sulfide) groups is 1. The summed E-state index contributed by atoms with van der Waals surface area (Å²) >= 11 is 2.58. The van der Waals surface area contributed by atoms with Gasteiger partial charge in [0.2, 0.25) is 0 Å². The van der Waals surface area contributed by atoms with Crippen molar-refractivity contribution in [3.05, 3.63) is 68.5 Å². The third kappa shape index (κ3) is 5.09. The molecule has 1 saturated heterocycles. The number of aryl methyl sites for hydroxylation is 1. The van der Waals surface area contributed by atoms with E-state index in [1.54, 1.807) is 20.3 Å². The Morgan fingerprint density at radius 2 is 1.82 bits per heavy atom. The van der Waals surface area contributed by atoms with Crippen LogP contribution in [0.4, 0.5) is 0 Å². The number of nitrogens with zero attached hydrogens (tertiary/aromatic N) is 2. The van der Waals surface area contributed by atoms with E-state index in [-0.39, 0.29) is 10.8 Å². The van der Waals surface area contributed by atoms with Gasteiger partial charge < -0.3 is 14.2 Å². The minimum absolute atomic E-state index is 0.103. The van der Waals surface area contributed by atoms with E-state index in [0.717, 1.165) is 34.1 Å². The van der Waals surface area contributed by atoms with Crippen LogP contribution < -0.4 is 14.2 Å². The minimum atomic E-state index is -0.639.